The third-order valence-electron chi connectivity index (χ3n) is 8.42. The van der Waals surface area contributed by atoms with Crippen molar-refractivity contribution < 1.29 is 13.3 Å². The standard InChI is InChI=1S/C32H35F2N5O/c1-21-36-32(38-40-21)23-8-11-27(12-9-23)39-16-4-5-22(20-39)17-25-6-2-3-7-30(25)37-31-18-24(14-15-35-31)28-13-10-26(33)19-29(28)34/h8-15,18-19,22,25,30H,2-7,16-17,20H2,1H3,(H,35,37)/t22-,25+,30-/m1/s1. The van der Waals surface area contributed by atoms with Crippen molar-refractivity contribution in [1.82, 2.24) is 15.1 Å². The Morgan fingerprint density at radius 3 is 2.60 bits per heavy atom. The van der Waals surface area contributed by atoms with E-state index < -0.39 is 11.6 Å². The number of piperidine rings is 1. The van der Waals surface area contributed by atoms with Gasteiger partial charge in [-0.15, -0.1) is 0 Å². The molecule has 6 nitrogen and oxygen atoms in total. The highest BCUT2D eigenvalue weighted by Gasteiger charge is 2.30. The molecule has 208 valence electrons. The van der Waals surface area contributed by atoms with Crippen molar-refractivity contribution in [3.63, 3.8) is 0 Å². The van der Waals surface area contributed by atoms with Crippen LogP contribution in [0, 0.1) is 30.4 Å². The number of aryl methyl sites for hydroxylation is 1. The van der Waals surface area contributed by atoms with E-state index in [1.165, 1.54) is 56.3 Å². The van der Waals surface area contributed by atoms with Gasteiger partial charge < -0.3 is 14.7 Å². The second-order valence-electron chi connectivity index (χ2n) is 11.2. The normalized spacial score (nSPS) is 21.4. The van der Waals surface area contributed by atoms with E-state index in [2.05, 4.69) is 49.6 Å². The van der Waals surface area contributed by atoms with Gasteiger partial charge in [0.25, 0.3) is 0 Å². The number of benzene rings is 2. The minimum atomic E-state index is -0.573. The van der Waals surface area contributed by atoms with Gasteiger partial charge in [-0.2, -0.15) is 4.98 Å². The summed E-state index contributed by atoms with van der Waals surface area (Å²) in [6.07, 6.45) is 10.1. The highest BCUT2D eigenvalue weighted by atomic mass is 19.1. The summed E-state index contributed by atoms with van der Waals surface area (Å²) in [4.78, 5) is 11.4. The maximum absolute atomic E-state index is 14.4. The summed E-state index contributed by atoms with van der Waals surface area (Å²) in [5.74, 6) is 2.01. The lowest BCUT2D eigenvalue weighted by molar-refractivity contribution is 0.247. The quantitative estimate of drug-likeness (QED) is 0.258. The van der Waals surface area contributed by atoms with Crippen LogP contribution in [0.4, 0.5) is 20.3 Å². The average molecular weight is 544 g/mol. The van der Waals surface area contributed by atoms with Crippen LogP contribution in [-0.4, -0.2) is 34.3 Å². The van der Waals surface area contributed by atoms with E-state index in [1.807, 2.05) is 6.07 Å². The molecular formula is C32H35F2N5O. The molecule has 0 amide bonds. The lowest BCUT2D eigenvalue weighted by atomic mass is 9.77. The largest absolute Gasteiger partial charge is 0.371 e. The Morgan fingerprint density at radius 1 is 0.950 bits per heavy atom. The van der Waals surface area contributed by atoms with Crippen molar-refractivity contribution in [2.24, 2.45) is 11.8 Å². The van der Waals surface area contributed by atoms with Crippen LogP contribution in [0.5, 0.6) is 0 Å². The number of pyridine rings is 1. The molecule has 2 aliphatic rings. The Bertz CT molecular complexity index is 1440. The summed E-state index contributed by atoms with van der Waals surface area (Å²) < 4.78 is 32.9. The Morgan fingerprint density at radius 2 is 1.80 bits per heavy atom. The first kappa shape index (κ1) is 26.4. The molecule has 1 N–H and O–H groups in total. The zero-order valence-electron chi connectivity index (χ0n) is 22.8. The molecule has 1 aliphatic heterocycles. The number of hydrogen-bond donors (Lipinski definition) is 1. The van der Waals surface area contributed by atoms with Gasteiger partial charge in [0.05, 0.1) is 0 Å². The van der Waals surface area contributed by atoms with E-state index in [-0.39, 0.29) is 0 Å². The van der Waals surface area contributed by atoms with Crippen LogP contribution in [0.15, 0.2) is 65.3 Å². The topological polar surface area (TPSA) is 67.1 Å². The van der Waals surface area contributed by atoms with Crippen molar-refractivity contribution in [3.8, 4) is 22.5 Å². The molecule has 2 fully saturated rings. The van der Waals surface area contributed by atoms with Crippen LogP contribution in [0.3, 0.4) is 0 Å². The molecule has 0 radical (unpaired) electrons. The summed E-state index contributed by atoms with van der Waals surface area (Å²) >= 11 is 0. The van der Waals surface area contributed by atoms with Crippen molar-refractivity contribution in [2.45, 2.75) is 57.9 Å². The van der Waals surface area contributed by atoms with Crippen LogP contribution in [0.2, 0.25) is 0 Å². The second-order valence-corrected chi connectivity index (χ2v) is 11.2. The lowest BCUT2D eigenvalue weighted by Crippen LogP contribution is -2.39. The summed E-state index contributed by atoms with van der Waals surface area (Å²) in [5, 5.41) is 7.72. The third kappa shape index (κ3) is 6.01. The predicted octanol–water partition coefficient (Wildman–Crippen LogP) is 7.66. The van der Waals surface area contributed by atoms with Gasteiger partial charge in [0, 0.05) is 55.1 Å². The Kier molecular flexibility index (Phi) is 7.75. The molecule has 1 saturated heterocycles. The van der Waals surface area contributed by atoms with Crippen molar-refractivity contribution in [2.75, 3.05) is 23.3 Å². The summed E-state index contributed by atoms with van der Waals surface area (Å²) in [7, 11) is 0. The maximum atomic E-state index is 14.4. The van der Waals surface area contributed by atoms with E-state index in [0.717, 1.165) is 37.0 Å². The number of nitrogens with zero attached hydrogens (tertiary/aromatic N) is 4. The van der Waals surface area contributed by atoms with Gasteiger partial charge in [-0.3, -0.25) is 0 Å². The highest BCUT2D eigenvalue weighted by Crippen LogP contribution is 2.36. The molecule has 1 saturated carbocycles. The lowest BCUT2D eigenvalue weighted by Gasteiger charge is -2.39. The molecule has 2 aromatic carbocycles. The number of halogens is 2. The first-order valence-corrected chi connectivity index (χ1v) is 14.4. The molecular weight excluding hydrogens is 508 g/mol. The van der Waals surface area contributed by atoms with E-state index >= 15 is 0 Å². The zero-order chi connectivity index (χ0) is 27.5. The zero-order valence-corrected chi connectivity index (χ0v) is 22.8. The van der Waals surface area contributed by atoms with Gasteiger partial charge in [-0.1, -0.05) is 18.0 Å². The van der Waals surface area contributed by atoms with Crippen molar-refractivity contribution >= 4 is 11.5 Å². The molecule has 0 bridgehead atoms. The molecule has 1 aliphatic carbocycles. The minimum Gasteiger partial charge on any atom is -0.371 e. The fraction of sp³-hybridized carbons (Fsp3) is 0.406. The molecule has 40 heavy (non-hydrogen) atoms. The number of hydrogen-bond acceptors (Lipinski definition) is 6. The Labute approximate surface area is 233 Å². The number of anilines is 2. The van der Waals surface area contributed by atoms with Crippen LogP contribution in [-0.2, 0) is 0 Å². The molecule has 0 unspecified atom stereocenters. The minimum absolute atomic E-state index is 0.336. The summed E-state index contributed by atoms with van der Waals surface area (Å²) in [6, 6.07) is 16.2. The van der Waals surface area contributed by atoms with E-state index in [1.54, 1.807) is 19.2 Å². The molecule has 2 aromatic heterocycles. The van der Waals surface area contributed by atoms with Gasteiger partial charge in [-0.25, -0.2) is 13.8 Å². The summed E-state index contributed by atoms with van der Waals surface area (Å²) in [6.45, 7) is 3.93. The number of rotatable bonds is 7. The molecule has 3 atom stereocenters. The van der Waals surface area contributed by atoms with Crippen LogP contribution in [0.25, 0.3) is 22.5 Å². The summed E-state index contributed by atoms with van der Waals surface area (Å²) in [5.41, 5.74) is 3.28. The van der Waals surface area contributed by atoms with E-state index in [0.29, 0.717) is 40.7 Å². The van der Waals surface area contributed by atoms with Crippen molar-refractivity contribution in [3.05, 3.63) is 78.3 Å². The first-order chi connectivity index (χ1) is 19.5. The van der Waals surface area contributed by atoms with Crippen LogP contribution >= 0.6 is 0 Å². The van der Waals surface area contributed by atoms with E-state index in [4.69, 9.17) is 4.52 Å². The molecule has 3 heterocycles. The smallest absolute Gasteiger partial charge is 0.223 e. The highest BCUT2D eigenvalue weighted by molar-refractivity contribution is 5.67. The van der Waals surface area contributed by atoms with E-state index in [9.17, 15) is 8.78 Å². The van der Waals surface area contributed by atoms with Gasteiger partial charge in [0.1, 0.15) is 17.5 Å². The number of nitrogens with one attached hydrogen (secondary N) is 1. The molecule has 6 rings (SSSR count). The molecule has 4 aromatic rings. The fourth-order valence-electron chi connectivity index (χ4n) is 6.43. The second kappa shape index (κ2) is 11.7. The van der Waals surface area contributed by atoms with Crippen LogP contribution in [0.1, 0.15) is 50.8 Å². The fourth-order valence-corrected chi connectivity index (χ4v) is 6.43. The van der Waals surface area contributed by atoms with Crippen molar-refractivity contribution in [1.29, 1.82) is 0 Å². The third-order valence-corrected chi connectivity index (χ3v) is 8.42. The predicted molar refractivity (Wildman–Crippen MR) is 153 cm³/mol. The average Bonchev–Trinajstić information content (AvgIpc) is 3.41. The van der Waals surface area contributed by atoms with Gasteiger partial charge in [-0.05, 0) is 98.0 Å². The van der Waals surface area contributed by atoms with Gasteiger partial charge >= 0.3 is 0 Å². The molecule has 0 spiro atoms. The Hall–Kier alpha value is -3.81. The van der Waals surface area contributed by atoms with Crippen LogP contribution < -0.4 is 10.2 Å². The SMILES string of the molecule is Cc1nc(-c2ccc(N3CCC[C@H](C[C@@H]4CCCC[C@H]4Nc4cc(-c5ccc(F)cc5F)ccn4)C3)cc2)no1. The maximum Gasteiger partial charge on any atom is 0.223 e. The van der Waals surface area contributed by atoms with Gasteiger partial charge in [0.2, 0.25) is 11.7 Å². The first-order valence-electron chi connectivity index (χ1n) is 14.4. The molecule has 8 heteroatoms. The Balaban J connectivity index is 1.10. The number of aromatic nitrogens is 3. The monoisotopic (exact) mass is 543 g/mol. The van der Waals surface area contributed by atoms with Gasteiger partial charge in [0.15, 0.2) is 0 Å².